The molecule has 0 spiro atoms. The van der Waals surface area contributed by atoms with Crippen LogP contribution in [0.4, 0.5) is 0 Å². The largest absolute Gasteiger partial charge is 0.481 e. The van der Waals surface area contributed by atoms with Crippen molar-refractivity contribution in [3.8, 4) is 0 Å². The summed E-state index contributed by atoms with van der Waals surface area (Å²) in [7, 11) is 2.19. The van der Waals surface area contributed by atoms with Crippen LogP contribution in [0.3, 0.4) is 0 Å². The molecule has 0 fully saturated rings. The van der Waals surface area contributed by atoms with Crippen LogP contribution >= 0.6 is 21.6 Å². The number of carboxylic acids is 3. The lowest BCUT2D eigenvalue weighted by atomic mass is 9.93. The number of nitrogens with one attached hydrogen (secondary N) is 2. The lowest BCUT2D eigenvalue weighted by Crippen LogP contribution is -2.48. The predicted octanol–water partition coefficient (Wildman–Crippen LogP) is -0.567. The minimum atomic E-state index is -1.58. The van der Waals surface area contributed by atoms with E-state index in [1.165, 1.54) is 0 Å². The van der Waals surface area contributed by atoms with Crippen molar-refractivity contribution in [2.24, 2.45) is 11.7 Å². The maximum atomic E-state index is 13.0. The molecule has 0 heterocycles. The first-order valence-corrected chi connectivity index (χ1v) is 15.2. The lowest BCUT2D eigenvalue weighted by Gasteiger charge is -2.21. The van der Waals surface area contributed by atoms with Crippen molar-refractivity contribution in [3.05, 3.63) is 35.4 Å². The summed E-state index contributed by atoms with van der Waals surface area (Å²) >= 11 is 0. The van der Waals surface area contributed by atoms with Gasteiger partial charge in [0.15, 0.2) is 5.78 Å². The van der Waals surface area contributed by atoms with Crippen LogP contribution in [0, 0.1) is 5.92 Å². The molecule has 0 saturated carbocycles. The van der Waals surface area contributed by atoms with Crippen molar-refractivity contribution in [3.63, 3.8) is 0 Å². The number of carbonyl (C=O) groups is 8. The number of Topliss-reactive ketones (excluding diaryl/α,β-unsaturated/α-hetero) is 1. The van der Waals surface area contributed by atoms with Gasteiger partial charge in [-0.1, -0.05) is 45.9 Å². The number of hydrogen-bond acceptors (Lipinski definition) is 12. The molecule has 15 nitrogen and oxygen atoms in total. The van der Waals surface area contributed by atoms with Gasteiger partial charge in [-0.05, 0) is 11.1 Å². The van der Waals surface area contributed by atoms with Gasteiger partial charge in [0.2, 0.25) is 11.8 Å². The quantitative estimate of drug-likeness (QED) is 0.0400. The summed E-state index contributed by atoms with van der Waals surface area (Å²) in [6.45, 7) is -0.255. The molecule has 0 saturated heterocycles. The highest BCUT2D eigenvalue weighted by Gasteiger charge is 2.32. The Morgan fingerprint density at radius 3 is 2.05 bits per heavy atom. The SMILES string of the molecule is NCC(=O)OCCSSC[C@H](NC(=O)[C@H](CC(=O)O)CC(=O)[C@H](CC(=O)O)NC(=O)Cc1ccc(CC=O)cc1)C(=O)O. The van der Waals surface area contributed by atoms with Gasteiger partial charge in [0.25, 0.3) is 0 Å². The zero-order chi connectivity index (χ0) is 32.4. The predicted molar refractivity (Wildman–Crippen MR) is 154 cm³/mol. The minimum Gasteiger partial charge on any atom is -0.481 e. The summed E-state index contributed by atoms with van der Waals surface area (Å²) < 4.78 is 4.78. The number of carbonyl (C=O) groups excluding carboxylic acids is 5. The Morgan fingerprint density at radius 2 is 1.49 bits per heavy atom. The highest BCUT2D eigenvalue weighted by atomic mass is 33.1. The van der Waals surface area contributed by atoms with E-state index >= 15 is 0 Å². The fourth-order valence-electron chi connectivity index (χ4n) is 3.48. The number of ether oxygens (including phenoxy) is 1. The van der Waals surface area contributed by atoms with Gasteiger partial charge < -0.3 is 41.2 Å². The summed E-state index contributed by atoms with van der Waals surface area (Å²) in [5.41, 5.74) is 6.35. The zero-order valence-electron chi connectivity index (χ0n) is 22.9. The topological polar surface area (TPSA) is 257 Å². The Hall–Kier alpha value is -3.96. The van der Waals surface area contributed by atoms with Gasteiger partial charge in [-0.2, -0.15) is 0 Å². The smallest absolute Gasteiger partial charge is 0.327 e. The first-order valence-electron chi connectivity index (χ1n) is 12.8. The molecular weight excluding hydrogens is 610 g/mol. The molecule has 7 N–H and O–H groups in total. The standard InChI is InChI=1S/C26H33N3O12S2/c27-13-24(37)41-7-8-42-43-14-19(26(39)40)29-25(38)17(11-22(33)34)10-20(31)18(12-23(35)36)28-21(32)9-16-3-1-15(2-4-16)5-6-30/h1-4,6,17-19H,5,7-14,27H2,(H,28,32)(H,29,38)(H,33,34)(H,35,36)(H,39,40)/t17-,18-,19-/m0/s1. The Kier molecular flexibility index (Phi) is 17.3. The van der Waals surface area contributed by atoms with Gasteiger partial charge >= 0.3 is 23.9 Å². The zero-order valence-corrected chi connectivity index (χ0v) is 24.5. The van der Waals surface area contributed by atoms with E-state index in [0.717, 1.165) is 27.9 Å². The molecule has 1 aromatic carbocycles. The summed E-state index contributed by atoms with van der Waals surface area (Å²) in [6.07, 6.45) is -1.80. The van der Waals surface area contributed by atoms with Crippen LogP contribution in [-0.2, 0) is 55.9 Å². The molecule has 1 aromatic rings. The fraction of sp³-hybridized carbons (Fsp3) is 0.462. The van der Waals surface area contributed by atoms with E-state index in [0.29, 0.717) is 16.9 Å². The second-order valence-corrected chi connectivity index (χ2v) is 11.6. The molecule has 0 aliphatic heterocycles. The van der Waals surface area contributed by atoms with Crippen molar-refractivity contribution in [2.45, 2.75) is 44.2 Å². The Morgan fingerprint density at radius 1 is 0.860 bits per heavy atom. The van der Waals surface area contributed by atoms with Gasteiger partial charge in [0.1, 0.15) is 18.9 Å². The number of nitrogens with two attached hydrogens (primary N) is 1. The molecule has 1 rings (SSSR count). The highest BCUT2D eigenvalue weighted by Crippen LogP contribution is 2.22. The molecule has 43 heavy (non-hydrogen) atoms. The summed E-state index contributed by atoms with van der Waals surface area (Å²) in [5, 5.41) is 32.5. The monoisotopic (exact) mass is 643 g/mol. The Bertz CT molecular complexity index is 1160. The molecule has 0 aromatic heterocycles. The van der Waals surface area contributed by atoms with Crippen LogP contribution in [0.15, 0.2) is 24.3 Å². The van der Waals surface area contributed by atoms with Crippen LogP contribution in [0.2, 0.25) is 0 Å². The molecule has 2 amide bonds. The first kappa shape index (κ1) is 37.1. The second-order valence-electron chi connectivity index (χ2n) is 8.98. The summed E-state index contributed by atoms with van der Waals surface area (Å²) in [5.74, 6) is -9.03. The van der Waals surface area contributed by atoms with Crippen molar-refractivity contribution >= 4 is 69.3 Å². The van der Waals surface area contributed by atoms with Gasteiger partial charge in [-0.3, -0.25) is 28.8 Å². The maximum Gasteiger partial charge on any atom is 0.327 e. The second kappa shape index (κ2) is 20.0. The van der Waals surface area contributed by atoms with E-state index in [-0.39, 0.29) is 31.7 Å². The maximum absolute atomic E-state index is 13.0. The number of carboxylic acid groups (broad SMARTS) is 3. The molecule has 0 aliphatic rings. The fourth-order valence-corrected chi connectivity index (χ4v) is 5.46. The minimum absolute atomic E-state index is 0.0301. The van der Waals surface area contributed by atoms with Crippen molar-refractivity contribution in [1.29, 1.82) is 0 Å². The molecule has 0 unspecified atom stereocenters. The number of aldehydes is 1. The molecule has 0 aliphatic carbocycles. The normalized spacial score (nSPS) is 12.7. The van der Waals surface area contributed by atoms with E-state index in [2.05, 4.69) is 10.6 Å². The van der Waals surface area contributed by atoms with Crippen LogP contribution in [0.1, 0.15) is 30.4 Å². The van der Waals surface area contributed by atoms with Gasteiger partial charge in [-0.15, -0.1) is 0 Å². The van der Waals surface area contributed by atoms with Gasteiger partial charge in [0.05, 0.1) is 37.8 Å². The molecule has 17 heteroatoms. The van der Waals surface area contributed by atoms with Crippen molar-refractivity contribution in [1.82, 2.24) is 10.6 Å². The summed E-state index contributed by atoms with van der Waals surface area (Å²) in [4.78, 5) is 94.5. The number of esters is 1. The number of ketones is 1. The first-order chi connectivity index (χ1) is 20.4. The number of aliphatic carboxylic acids is 3. The molecule has 236 valence electrons. The van der Waals surface area contributed by atoms with E-state index < -0.39 is 78.7 Å². The molecular formula is C26H33N3O12S2. The van der Waals surface area contributed by atoms with E-state index in [1.807, 2.05) is 0 Å². The van der Waals surface area contributed by atoms with Crippen molar-refractivity contribution < 1.29 is 58.4 Å². The van der Waals surface area contributed by atoms with Crippen LogP contribution in [0.5, 0.6) is 0 Å². The Balaban J connectivity index is 2.85. The van der Waals surface area contributed by atoms with Crippen LogP contribution in [-0.4, -0.2) is 99.8 Å². The van der Waals surface area contributed by atoms with Gasteiger partial charge in [0, 0.05) is 24.3 Å². The number of benzene rings is 1. The van der Waals surface area contributed by atoms with E-state index in [9.17, 15) is 53.7 Å². The third kappa shape index (κ3) is 15.7. The number of rotatable bonds is 22. The molecule has 0 radical (unpaired) electrons. The van der Waals surface area contributed by atoms with Gasteiger partial charge in [-0.25, -0.2) is 4.79 Å². The highest BCUT2D eigenvalue weighted by molar-refractivity contribution is 8.76. The van der Waals surface area contributed by atoms with E-state index in [1.54, 1.807) is 24.3 Å². The Labute approximate surface area is 254 Å². The number of amides is 2. The third-order valence-corrected chi connectivity index (χ3v) is 7.96. The number of hydrogen-bond donors (Lipinski definition) is 6. The lowest BCUT2D eigenvalue weighted by molar-refractivity contribution is -0.145. The molecule has 3 atom stereocenters. The average molecular weight is 644 g/mol. The van der Waals surface area contributed by atoms with Crippen LogP contribution < -0.4 is 16.4 Å². The van der Waals surface area contributed by atoms with Crippen LogP contribution in [0.25, 0.3) is 0 Å². The third-order valence-electron chi connectivity index (χ3n) is 5.58. The average Bonchev–Trinajstić information content (AvgIpc) is 2.93. The van der Waals surface area contributed by atoms with E-state index in [4.69, 9.17) is 10.5 Å². The molecule has 0 bridgehead atoms. The summed E-state index contributed by atoms with van der Waals surface area (Å²) in [6, 6.07) is 3.40. The van der Waals surface area contributed by atoms with Crippen molar-refractivity contribution in [2.75, 3.05) is 24.7 Å².